The number of amides is 1. The van der Waals surface area contributed by atoms with Crippen molar-refractivity contribution in [1.29, 1.82) is 0 Å². The normalized spacial score (nSPS) is 14.8. The molecule has 1 aliphatic heterocycles. The molecule has 21 heavy (non-hydrogen) atoms. The Morgan fingerprint density at radius 2 is 1.90 bits per heavy atom. The number of methoxy groups -OCH3 is 1. The van der Waals surface area contributed by atoms with E-state index in [1.165, 1.54) is 11.0 Å². The van der Waals surface area contributed by atoms with E-state index >= 15 is 0 Å². The van der Waals surface area contributed by atoms with Crippen molar-refractivity contribution in [3.8, 4) is 0 Å². The van der Waals surface area contributed by atoms with Gasteiger partial charge in [-0.05, 0) is 31.0 Å². The quantitative estimate of drug-likeness (QED) is 0.620. The molecule has 114 valence electrons. The molecular formula is C14H14F3NO3. The summed E-state index contributed by atoms with van der Waals surface area (Å²) in [5.41, 5.74) is -0.861. The summed E-state index contributed by atoms with van der Waals surface area (Å²) < 4.78 is 42.8. The molecule has 0 bridgehead atoms. The molecule has 0 N–H and O–H groups in total. The average Bonchev–Trinajstić information content (AvgIpc) is 2.67. The number of ether oxygens (including phenoxy) is 1. The van der Waals surface area contributed by atoms with Gasteiger partial charge in [0.1, 0.15) is 0 Å². The van der Waals surface area contributed by atoms with E-state index in [4.69, 9.17) is 4.74 Å². The van der Waals surface area contributed by atoms with Crippen LogP contribution in [-0.4, -0.2) is 32.0 Å². The molecule has 0 unspecified atom stereocenters. The first-order chi connectivity index (χ1) is 9.86. The molecule has 0 atom stereocenters. The number of anilines is 1. The fraction of sp³-hybridized carbons (Fsp3) is 0.429. The summed E-state index contributed by atoms with van der Waals surface area (Å²) in [5, 5.41) is 0. The second-order valence-corrected chi connectivity index (χ2v) is 4.72. The zero-order valence-electron chi connectivity index (χ0n) is 11.4. The predicted molar refractivity (Wildman–Crippen MR) is 69.2 cm³/mol. The highest BCUT2D eigenvalue weighted by Crippen LogP contribution is 2.36. The summed E-state index contributed by atoms with van der Waals surface area (Å²) >= 11 is 0. The Hall–Kier alpha value is -1.89. The largest absolute Gasteiger partial charge is 0.416 e. The van der Waals surface area contributed by atoms with Crippen LogP contribution < -0.4 is 4.90 Å². The van der Waals surface area contributed by atoms with E-state index in [0.717, 1.165) is 12.1 Å². The molecule has 1 aliphatic rings. The van der Waals surface area contributed by atoms with Crippen molar-refractivity contribution in [1.82, 2.24) is 0 Å². The van der Waals surface area contributed by atoms with Gasteiger partial charge in [0.2, 0.25) is 0 Å². The van der Waals surface area contributed by atoms with Crippen molar-refractivity contribution in [2.75, 3.05) is 25.2 Å². The molecule has 0 saturated heterocycles. The molecule has 0 fully saturated rings. The number of nitrogens with zero attached hydrogens (tertiary/aromatic N) is 1. The molecule has 0 saturated carbocycles. The summed E-state index contributed by atoms with van der Waals surface area (Å²) in [6, 6.07) is 2.80. The SMILES string of the molecule is COCCCCN1C(=O)C(=O)c2cc(C(F)(F)F)ccc21. The lowest BCUT2D eigenvalue weighted by Crippen LogP contribution is -2.30. The summed E-state index contributed by atoms with van der Waals surface area (Å²) in [6.45, 7) is 0.808. The first kappa shape index (κ1) is 15.5. The van der Waals surface area contributed by atoms with E-state index < -0.39 is 23.4 Å². The Kier molecular flexibility index (Phi) is 4.32. The van der Waals surface area contributed by atoms with Crippen molar-refractivity contribution in [3.63, 3.8) is 0 Å². The number of alkyl halides is 3. The number of rotatable bonds is 5. The van der Waals surface area contributed by atoms with Gasteiger partial charge in [0.05, 0.1) is 16.8 Å². The number of carbonyl (C=O) groups excluding carboxylic acids is 2. The molecule has 2 rings (SSSR count). The van der Waals surface area contributed by atoms with Gasteiger partial charge in [-0.25, -0.2) is 0 Å². The van der Waals surface area contributed by atoms with Crippen LogP contribution >= 0.6 is 0 Å². The molecule has 0 radical (unpaired) electrons. The Bertz CT molecular complexity index is 569. The monoisotopic (exact) mass is 301 g/mol. The van der Waals surface area contributed by atoms with Crippen LogP contribution in [0, 0.1) is 0 Å². The van der Waals surface area contributed by atoms with E-state index in [1.807, 2.05) is 0 Å². The molecule has 1 aromatic rings. The highest BCUT2D eigenvalue weighted by atomic mass is 19.4. The lowest BCUT2D eigenvalue weighted by Gasteiger charge is -2.16. The van der Waals surface area contributed by atoms with E-state index in [0.29, 0.717) is 19.4 Å². The standard InChI is InChI=1S/C14H14F3NO3/c1-21-7-3-2-6-18-11-5-4-9(14(15,16)17)8-10(11)12(19)13(18)20/h4-5,8H,2-3,6-7H2,1H3. The molecule has 4 nitrogen and oxygen atoms in total. The zero-order chi connectivity index (χ0) is 15.6. The molecule has 1 aromatic carbocycles. The Balaban J connectivity index is 2.22. The number of unbranched alkanes of at least 4 members (excludes halogenated alkanes) is 1. The number of fused-ring (bicyclic) bond motifs is 1. The van der Waals surface area contributed by atoms with Crippen molar-refractivity contribution in [3.05, 3.63) is 29.3 Å². The molecule has 1 heterocycles. The summed E-state index contributed by atoms with van der Waals surface area (Å²) in [5.74, 6) is -1.66. The minimum atomic E-state index is -4.54. The number of ketones is 1. The topological polar surface area (TPSA) is 46.6 Å². The van der Waals surface area contributed by atoms with Crippen molar-refractivity contribution >= 4 is 17.4 Å². The van der Waals surface area contributed by atoms with Crippen molar-refractivity contribution < 1.29 is 27.5 Å². The smallest absolute Gasteiger partial charge is 0.385 e. The highest BCUT2D eigenvalue weighted by Gasteiger charge is 2.38. The van der Waals surface area contributed by atoms with Crippen molar-refractivity contribution in [2.45, 2.75) is 19.0 Å². The zero-order valence-corrected chi connectivity index (χ0v) is 11.4. The van der Waals surface area contributed by atoms with Gasteiger partial charge in [-0.15, -0.1) is 0 Å². The molecule has 0 aliphatic carbocycles. The number of hydrogen-bond donors (Lipinski definition) is 0. The van der Waals surface area contributed by atoms with Gasteiger partial charge in [0.15, 0.2) is 0 Å². The second-order valence-electron chi connectivity index (χ2n) is 4.72. The van der Waals surface area contributed by atoms with Crippen molar-refractivity contribution in [2.24, 2.45) is 0 Å². The van der Waals surface area contributed by atoms with Crippen LogP contribution in [-0.2, 0) is 15.7 Å². The first-order valence-corrected chi connectivity index (χ1v) is 6.42. The predicted octanol–water partition coefficient (Wildman–Crippen LogP) is 2.66. The lowest BCUT2D eigenvalue weighted by atomic mass is 10.1. The fourth-order valence-electron chi connectivity index (χ4n) is 2.22. The van der Waals surface area contributed by atoms with Gasteiger partial charge in [-0.2, -0.15) is 13.2 Å². The van der Waals surface area contributed by atoms with Crippen LogP contribution in [0.4, 0.5) is 18.9 Å². The first-order valence-electron chi connectivity index (χ1n) is 6.42. The van der Waals surface area contributed by atoms with Gasteiger partial charge >= 0.3 is 6.18 Å². The van der Waals surface area contributed by atoms with Crippen LogP contribution in [0.25, 0.3) is 0 Å². The Labute approximate surface area is 119 Å². The van der Waals surface area contributed by atoms with Gasteiger partial charge in [-0.1, -0.05) is 0 Å². The van der Waals surface area contributed by atoms with Gasteiger partial charge in [-0.3, -0.25) is 9.59 Å². The summed E-state index contributed by atoms with van der Waals surface area (Å²) in [4.78, 5) is 24.9. The van der Waals surface area contributed by atoms with Crippen LogP contribution in [0.3, 0.4) is 0 Å². The van der Waals surface area contributed by atoms with Crippen LogP contribution in [0.2, 0.25) is 0 Å². The highest BCUT2D eigenvalue weighted by molar-refractivity contribution is 6.52. The van der Waals surface area contributed by atoms with Crippen LogP contribution in [0.15, 0.2) is 18.2 Å². The molecule has 1 amide bonds. The minimum Gasteiger partial charge on any atom is -0.385 e. The number of Topliss-reactive ketones (excluding diaryl/α,β-unsaturated/α-hetero) is 1. The lowest BCUT2D eigenvalue weighted by molar-refractivity contribution is -0.137. The minimum absolute atomic E-state index is 0.179. The second kappa shape index (κ2) is 5.85. The van der Waals surface area contributed by atoms with E-state index in [2.05, 4.69) is 0 Å². The number of hydrogen-bond acceptors (Lipinski definition) is 3. The fourth-order valence-corrected chi connectivity index (χ4v) is 2.22. The average molecular weight is 301 g/mol. The third-order valence-electron chi connectivity index (χ3n) is 3.28. The molecular weight excluding hydrogens is 287 g/mol. The molecule has 0 aromatic heterocycles. The molecule has 0 spiro atoms. The van der Waals surface area contributed by atoms with E-state index in [9.17, 15) is 22.8 Å². The number of benzene rings is 1. The Morgan fingerprint density at radius 3 is 2.52 bits per heavy atom. The number of halogens is 3. The third kappa shape index (κ3) is 3.07. The maximum atomic E-state index is 12.6. The maximum Gasteiger partial charge on any atom is 0.416 e. The van der Waals surface area contributed by atoms with E-state index in [1.54, 1.807) is 7.11 Å². The number of carbonyl (C=O) groups is 2. The van der Waals surface area contributed by atoms with Crippen LogP contribution in [0.1, 0.15) is 28.8 Å². The Morgan fingerprint density at radius 1 is 1.19 bits per heavy atom. The summed E-state index contributed by atoms with van der Waals surface area (Å²) in [6.07, 6.45) is -3.23. The third-order valence-corrected chi connectivity index (χ3v) is 3.28. The van der Waals surface area contributed by atoms with Gasteiger partial charge < -0.3 is 9.64 Å². The van der Waals surface area contributed by atoms with Gasteiger partial charge in [0.25, 0.3) is 11.7 Å². The molecule has 7 heteroatoms. The summed E-state index contributed by atoms with van der Waals surface area (Å²) in [7, 11) is 1.55. The maximum absolute atomic E-state index is 12.6. The van der Waals surface area contributed by atoms with Gasteiger partial charge in [0, 0.05) is 20.3 Å². The van der Waals surface area contributed by atoms with Crippen LogP contribution in [0.5, 0.6) is 0 Å². The van der Waals surface area contributed by atoms with E-state index in [-0.39, 0.29) is 17.8 Å².